The third-order valence-corrected chi connectivity index (χ3v) is 3.50. The molecule has 1 heterocycles. The second kappa shape index (κ2) is 8.26. The lowest BCUT2D eigenvalue weighted by atomic mass is 10.2. The lowest BCUT2D eigenvalue weighted by Crippen LogP contribution is -2.47. The second-order valence-corrected chi connectivity index (χ2v) is 5.27. The number of carboxylic acids is 1. The number of para-hydroxylation sites is 2. The van der Waals surface area contributed by atoms with E-state index in [1.807, 2.05) is 31.2 Å². The number of rotatable bonds is 7. The lowest BCUT2D eigenvalue weighted by molar-refractivity contribution is -0.137. The monoisotopic (exact) mass is 322 g/mol. The van der Waals surface area contributed by atoms with Gasteiger partial charge in [-0.25, -0.2) is 4.79 Å². The molecule has 0 spiro atoms. The van der Waals surface area contributed by atoms with Gasteiger partial charge in [0.05, 0.1) is 6.54 Å². The van der Waals surface area contributed by atoms with Crippen LogP contribution in [0.15, 0.2) is 24.3 Å². The first kappa shape index (κ1) is 16.9. The van der Waals surface area contributed by atoms with E-state index >= 15 is 0 Å². The van der Waals surface area contributed by atoms with E-state index in [1.165, 1.54) is 0 Å². The molecule has 0 bridgehead atoms. The molecule has 2 amide bonds. The molecule has 23 heavy (non-hydrogen) atoms. The minimum absolute atomic E-state index is 0.0444. The van der Waals surface area contributed by atoms with Crippen LogP contribution in [0.1, 0.15) is 19.8 Å². The number of ether oxygens (including phenoxy) is 2. The summed E-state index contributed by atoms with van der Waals surface area (Å²) in [5.74, 6) is 0.532. The summed E-state index contributed by atoms with van der Waals surface area (Å²) in [7, 11) is 0. The average molecular weight is 322 g/mol. The Labute approximate surface area is 135 Å². The van der Waals surface area contributed by atoms with Gasteiger partial charge in [0.25, 0.3) is 0 Å². The maximum Gasteiger partial charge on any atom is 0.317 e. The van der Waals surface area contributed by atoms with Crippen molar-refractivity contribution in [3.05, 3.63) is 24.3 Å². The van der Waals surface area contributed by atoms with Gasteiger partial charge in [0.1, 0.15) is 6.61 Å². The van der Waals surface area contributed by atoms with Crippen LogP contribution in [0.4, 0.5) is 4.79 Å². The zero-order valence-corrected chi connectivity index (χ0v) is 13.2. The molecule has 0 aromatic heterocycles. The zero-order chi connectivity index (χ0) is 16.7. The summed E-state index contributed by atoms with van der Waals surface area (Å²) < 4.78 is 11.5. The van der Waals surface area contributed by atoms with E-state index in [4.69, 9.17) is 14.6 Å². The molecule has 1 aromatic rings. The smallest absolute Gasteiger partial charge is 0.317 e. The Hall–Kier alpha value is -2.44. The van der Waals surface area contributed by atoms with E-state index in [1.54, 1.807) is 4.90 Å². The maximum absolute atomic E-state index is 12.1. The van der Waals surface area contributed by atoms with Crippen LogP contribution in [0, 0.1) is 0 Å². The topological polar surface area (TPSA) is 88.1 Å². The molecule has 126 valence electrons. The number of aliphatic carboxylic acids is 1. The van der Waals surface area contributed by atoms with Gasteiger partial charge in [0.15, 0.2) is 17.6 Å². The summed E-state index contributed by atoms with van der Waals surface area (Å²) in [5, 5.41) is 11.3. The molecule has 1 aromatic carbocycles. The number of benzene rings is 1. The Kier molecular flexibility index (Phi) is 6.08. The molecule has 2 N–H and O–H groups in total. The summed E-state index contributed by atoms with van der Waals surface area (Å²) in [6.07, 6.45) is 0.229. The van der Waals surface area contributed by atoms with Crippen LogP contribution in [0.2, 0.25) is 0 Å². The Morgan fingerprint density at radius 1 is 1.35 bits per heavy atom. The van der Waals surface area contributed by atoms with Crippen LogP contribution in [-0.2, 0) is 4.79 Å². The standard InChI is InChI=1S/C16H22N2O5/c1-2-18(16(21)17-9-5-8-15(19)20)10-12-11-22-13-6-3-4-7-14(13)23-12/h3-4,6-7,12H,2,5,8-11H2,1H3,(H,17,21)(H,19,20). The number of amides is 2. The van der Waals surface area contributed by atoms with Crippen molar-refractivity contribution in [2.45, 2.75) is 25.9 Å². The van der Waals surface area contributed by atoms with E-state index < -0.39 is 5.97 Å². The van der Waals surface area contributed by atoms with Crippen LogP contribution in [0.25, 0.3) is 0 Å². The zero-order valence-electron chi connectivity index (χ0n) is 13.2. The maximum atomic E-state index is 12.1. The molecule has 1 aliphatic rings. The highest BCUT2D eigenvalue weighted by Crippen LogP contribution is 2.30. The predicted molar refractivity (Wildman–Crippen MR) is 83.9 cm³/mol. The number of carbonyl (C=O) groups excluding carboxylic acids is 1. The van der Waals surface area contributed by atoms with Crippen molar-refractivity contribution in [3.63, 3.8) is 0 Å². The van der Waals surface area contributed by atoms with Crippen molar-refractivity contribution in [1.82, 2.24) is 10.2 Å². The number of hydrogen-bond acceptors (Lipinski definition) is 4. The number of fused-ring (bicyclic) bond motifs is 1. The van der Waals surface area contributed by atoms with Crippen molar-refractivity contribution < 1.29 is 24.2 Å². The van der Waals surface area contributed by atoms with Gasteiger partial charge in [-0.3, -0.25) is 4.79 Å². The summed E-state index contributed by atoms with van der Waals surface area (Å²) in [4.78, 5) is 24.2. The number of nitrogens with zero attached hydrogens (tertiary/aromatic N) is 1. The Bertz CT molecular complexity index is 549. The van der Waals surface area contributed by atoms with E-state index in [9.17, 15) is 9.59 Å². The highest BCUT2D eigenvalue weighted by molar-refractivity contribution is 5.74. The SMILES string of the molecule is CCN(CC1COc2ccccc2O1)C(=O)NCCCC(=O)O. The molecule has 1 aliphatic heterocycles. The predicted octanol–water partition coefficient (Wildman–Crippen LogP) is 1.72. The third-order valence-electron chi connectivity index (χ3n) is 3.50. The first-order valence-corrected chi connectivity index (χ1v) is 7.73. The highest BCUT2D eigenvalue weighted by atomic mass is 16.6. The van der Waals surface area contributed by atoms with Crippen molar-refractivity contribution in [1.29, 1.82) is 0 Å². The van der Waals surface area contributed by atoms with Crippen LogP contribution in [0.5, 0.6) is 11.5 Å². The Morgan fingerprint density at radius 2 is 2.09 bits per heavy atom. The molecule has 2 rings (SSSR count). The quantitative estimate of drug-likeness (QED) is 0.746. The lowest BCUT2D eigenvalue weighted by Gasteiger charge is -2.30. The summed E-state index contributed by atoms with van der Waals surface area (Å²) >= 11 is 0. The molecule has 1 unspecified atom stereocenters. The molecule has 0 saturated heterocycles. The molecule has 7 heteroatoms. The van der Waals surface area contributed by atoms with Crippen LogP contribution in [0.3, 0.4) is 0 Å². The Balaban J connectivity index is 1.80. The largest absolute Gasteiger partial charge is 0.486 e. The van der Waals surface area contributed by atoms with Crippen molar-refractivity contribution in [2.75, 3.05) is 26.2 Å². The van der Waals surface area contributed by atoms with E-state index in [2.05, 4.69) is 5.32 Å². The number of carbonyl (C=O) groups is 2. The number of likely N-dealkylation sites (N-methyl/N-ethyl adjacent to an activating group) is 1. The fourth-order valence-corrected chi connectivity index (χ4v) is 2.30. The molecule has 0 saturated carbocycles. The first-order chi connectivity index (χ1) is 11.1. The molecule has 1 atom stereocenters. The van der Waals surface area contributed by atoms with E-state index in [-0.39, 0.29) is 18.6 Å². The van der Waals surface area contributed by atoms with Crippen LogP contribution >= 0.6 is 0 Å². The van der Waals surface area contributed by atoms with Crippen molar-refractivity contribution in [2.24, 2.45) is 0 Å². The van der Waals surface area contributed by atoms with Crippen molar-refractivity contribution in [3.8, 4) is 11.5 Å². The molecule has 0 aliphatic carbocycles. The van der Waals surface area contributed by atoms with Gasteiger partial charge in [-0.15, -0.1) is 0 Å². The van der Waals surface area contributed by atoms with Gasteiger partial charge in [0.2, 0.25) is 0 Å². The molecular formula is C16H22N2O5. The molecule has 0 fully saturated rings. The average Bonchev–Trinajstić information content (AvgIpc) is 2.56. The number of nitrogens with one attached hydrogen (secondary N) is 1. The highest BCUT2D eigenvalue weighted by Gasteiger charge is 2.24. The van der Waals surface area contributed by atoms with Gasteiger partial charge in [0, 0.05) is 19.5 Å². The van der Waals surface area contributed by atoms with Crippen molar-refractivity contribution >= 4 is 12.0 Å². The van der Waals surface area contributed by atoms with Crippen LogP contribution < -0.4 is 14.8 Å². The van der Waals surface area contributed by atoms with E-state index in [0.29, 0.717) is 44.2 Å². The number of hydrogen-bond donors (Lipinski definition) is 2. The number of urea groups is 1. The van der Waals surface area contributed by atoms with Gasteiger partial charge >= 0.3 is 12.0 Å². The summed E-state index contributed by atoms with van der Waals surface area (Å²) in [5.41, 5.74) is 0. The van der Waals surface area contributed by atoms with Gasteiger partial charge in [-0.2, -0.15) is 0 Å². The van der Waals surface area contributed by atoms with Crippen LogP contribution in [-0.4, -0.2) is 54.4 Å². The second-order valence-electron chi connectivity index (χ2n) is 5.27. The van der Waals surface area contributed by atoms with Gasteiger partial charge < -0.3 is 24.8 Å². The fraction of sp³-hybridized carbons (Fsp3) is 0.500. The van der Waals surface area contributed by atoms with E-state index in [0.717, 1.165) is 0 Å². The minimum atomic E-state index is -0.863. The molecule has 0 radical (unpaired) electrons. The molecule has 7 nitrogen and oxygen atoms in total. The minimum Gasteiger partial charge on any atom is -0.486 e. The summed E-state index contributed by atoms with van der Waals surface area (Å²) in [6.45, 7) is 3.56. The third kappa shape index (κ3) is 5.05. The fourth-order valence-electron chi connectivity index (χ4n) is 2.30. The Morgan fingerprint density at radius 3 is 2.78 bits per heavy atom. The summed E-state index contributed by atoms with van der Waals surface area (Å²) in [6, 6.07) is 7.21. The van der Waals surface area contributed by atoms with Gasteiger partial charge in [-0.1, -0.05) is 12.1 Å². The molecular weight excluding hydrogens is 300 g/mol. The first-order valence-electron chi connectivity index (χ1n) is 7.73. The normalized spacial score (nSPS) is 15.8. The van der Waals surface area contributed by atoms with Gasteiger partial charge in [-0.05, 0) is 25.5 Å². The number of carboxylic acid groups (broad SMARTS) is 1.